The van der Waals surface area contributed by atoms with Crippen LogP contribution in [0.3, 0.4) is 0 Å². The summed E-state index contributed by atoms with van der Waals surface area (Å²) in [5.41, 5.74) is 0.572. The number of hydrogen-bond donors (Lipinski definition) is 2. The lowest BCUT2D eigenvalue weighted by atomic mass is 9.82. The molecule has 2 N–H and O–H groups in total. The number of para-hydroxylation sites is 2. The van der Waals surface area contributed by atoms with Gasteiger partial charge in [0.1, 0.15) is 0 Å². The lowest BCUT2D eigenvalue weighted by molar-refractivity contribution is 0.0222. The predicted molar refractivity (Wildman–Crippen MR) is 101 cm³/mol. The van der Waals surface area contributed by atoms with E-state index in [1.807, 2.05) is 0 Å². The van der Waals surface area contributed by atoms with Gasteiger partial charge in [0.15, 0.2) is 5.69 Å². The molecule has 0 spiro atoms. The highest BCUT2D eigenvalue weighted by Gasteiger charge is 2.42. The molecule has 3 heterocycles. The molecule has 2 aliphatic heterocycles. The maximum absolute atomic E-state index is 13.2. The second kappa shape index (κ2) is 6.72. The molecule has 0 aliphatic carbocycles. The Labute approximate surface area is 157 Å². The Hall–Kier alpha value is -2.26. The predicted octanol–water partition coefficient (Wildman–Crippen LogP) is 0.998. The first-order valence-corrected chi connectivity index (χ1v) is 11.0. The third kappa shape index (κ3) is 3.61. The van der Waals surface area contributed by atoms with Crippen LogP contribution in [0.15, 0.2) is 29.1 Å². The van der Waals surface area contributed by atoms with Crippen molar-refractivity contribution in [1.82, 2.24) is 19.6 Å². The standard InChI is InChI=1S/C18H22N4O4S/c1-27(25,26)21-11-9-12-5-4-6-13(10-11)22(12)18(24)16-17(23)20-15-8-3-2-7-14(15)19-16/h2-3,7-8,11-13,21H,4-6,9-10H2,1H3,(H,20,23)/t11?,12-,13+. The molecule has 2 aliphatic rings. The van der Waals surface area contributed by atoms with Crippen molar-refractivity contribution in [2.45, 2.75) is 50.2 Å². The quantitative estimate of drug-likeness (QED) is 0.812. The number of carbonyl (C=O) groups excluding carboxylic acids is 1. The Morgan fingerprint density at radius 3 is 2.56 bits per heavy atom. The van der Waals surface area contributed by atoms with Gasteiger partial charge in [-0.2, -0.15) is 0 Å². The van der Waals surface area contributed by atoms with E-state index in [2.05, 4.69) is 14.7 Å². The zero-order valence-electron chi connectivity index (χ0n) is 15.0. The first kappa shape index (κ1) is 18.1. The summed E-state index contributed by atoms with van der Waals surface area (Å²) in [6, 6.07) is 6.75. The van der Waals surface area contributed by atoms with Gasteiger partial charge >= 0.3 is 0 Å². The lowest BCUT2D eigenvalue weighted by Gasteiger charge is -2.48. The number of sulfonamides is 1. The number of amides is 1. The number of hydrogen-bond acceptors (Lipinski definition) is 5. The number of aromatic amines is 1. The number of benzene rings is 1. The van der Waals surface area contributed by atoms with Crippen LogP contribution in [0, 0.1) is 0 Å². The molecule has 1 aromatic heterocycles. The summed E-state index contributed by atoms with van der Waals surface area (Å²) >= 11 is 0. The minimum atomic E-state index is -3.30. The van der Waals surface area contributed by atoms with Gasteiger partial charge in [0.2, 0.25) is 10.0 Å². The Bertz CT molecular complexity index is 1030. The Kier molecular flexibility index (Phi) is 4.51. The van der Waals surface area contributed by atoms with Gasteiger partial charge < -0.3 is 9.88 Å². The van der Waals surface area contributed by atoms with Crippen molar-refractivity contribution in [2.24, 2.45) is 0 Å². The van der Waals surface area contributed by atoms with Crippen molar-refractivity contribution in [3.8, 4) is 0 Å². The summed E-state index contributed by atoms with van der Waals surface area (Å²) in [4.78, 5) is 34.4. The fraction of sp³-hybridized carbons (Fsp3) is 0.500. The lowest BCUT2D eigenvalue weighted by Crippen LogP contribution is -2.59. The van der Waals surface area contributed by atoms with Crippen LogP contribution in [-0.2, 0) is 10.0 Å². The zero-order valence-corrected chi connectivity index (χ0v) is 15.8. The summed E-state index contributed by atoms with van der Waals surface area (Å²) in [5, 5.41) is 0. The average Bonchev–Trinajstić information content (AvgIpc) is 2.58. The van der Waals surface area contributed by atoms with Crippen LogP contribution in [0.5, 0.6) is 0 Å². The molecular weight excluding hydrogens is 368 g/mol. The number of piperidine rings is 2. The molecule has 144 valence electrons. The highest BCUT2D eigenvalue weighted by Crippen LogP contribution is 2.35. The van der Waals surface area contributed by atoms with Crippen molar-refractivity contribution in [3.63, 3.8) is 0 Å². The van der Waals surface area contributed by atoms with E-state index in [0.717, 1.165) is 25.5 Å². The van der Waals surface area contributed by atoms with Crippen LogP contribution in [0.25, 0.3) is 11.0 Å². The fourth-order valence-electron chi connectivity index (χ4n) is 4.41. The van der Waals surface area contributed by atoms with Crippen molar-refractivity contribution < 1.29 is 13.2 Å². The van der Waals surface area contributed by atoms with Gasteiger partial charge in [0.05, 0.1) is 17.3 Å². The van der Waals surface area contributed by atoms with E-state index in [1.165, 1.54) is 0 Å². The smallest absolute Gasteiger partial charge is 0.280 e. The van der Waals surface area contributed by atoms with Gasteiger partial charge in [0.25, 0.3) is 11.5 Å². The molecular formula is C18H22N4O4S. The maximum Gasteiger partial charge on any atom is 0.280 e. The summed E-state index contributed by atoms with van der Waals surface area (Å²) < 4.78 is 25.8. The van der Waals surface area contributed by atoms with E-state index in [9.17, 15) is 18.0 Å². The highest BCUT2D eigenvalue weighted by atomic mass is 32.2. The third-order valence-corrected chi connectivity index (χ3v) is 6.15. The largest absolute Gasteiger partial charge is 0.331 e. The zero-order chi connectivity index (χ0) is 19.2. The van der Waals surface area contributed by atoms with E-state index < -0.39 is 15.6 Å². The average molecular weight is 390 g/mol. The molecule has 0 saturated carbocycles. The van der Waals surface area contributed by atoms with Gasteiger partial charge in [-0.25, -0.2) is 18.1 Å². The van der Waals surface area contributed by atoms with Crippen LogP contribution < -0.4 is 10.3 Å². The number of aromatic nitrogens is 2. The number of carbonyl (C=O) groups is 1. The van der Waals surface area contributed by atoms with Crippen molar-refractivity contribution >= 4 is 27.0 Å². The van der Waals surface area contributed by atoms with E-state index in [0.29, 0.717) is 23.9 Å². The normalized spacial score (nSPS) is 25.5. The van der Waals surface area contributed by atoms with Crippen LogP contribution in [0.4, 0.5) is 0 Å². The van der Waals surface area contributed by atoms with E-state index in [4.69, 9.17) is 0 Å². The second-order valence-corrected chi connectivity index (χ2v) is 9.22. The molecule has 3 atom stereocenters. The van der Waals surface area contributed by atoms with E-state index in [1.54, 1.807) is 29.2 Å². The van der Waals surface area contributed by atoms with Crippen molar-refractivity contribution in [3.05, 3.63) is 40.3 Å². The Morgan fingerprint density at radius 1 is 1.22 bits per heavy atom. The molecule has 2 aromatic rings. The Balaban J connectivity index is 1.64. The van der Waals surface area contributed by atoms with Crippen molar-refractivity contribution in [2.75, 3.05) is 6.26 Å². The summed E-state index contributed by atoms with van der Waals surface area (Å²) in [7, 11) is -3.30. The molecule has 2 bridgehead atoms. The molecule has 1 unspecified atom stereocenters. The molecule has 2 fully saturated rings. The summed E-state index contributed by atoms with van der Waals surface area (Å²) in [6.45, 7) is 0. The minimum Gasteiger partial charge on any atom is -0.331 e. The molecule has 2 saturated heterocycles. The molecule has 1 amide bonds. The first-order chi connectivity index (χ1) is 12.8. The number of nitrogens with zero attached hydrogens (tertiary/aromatic N) is 2. The highest BCUT2D eigenvalue weighted by molar-refractivity contribution is 7.88. The third-order valence-electron chi connectivity index (χ3n) is 5.39. The summed E-state index contributed by atoms with van der Waals surface area (Å²) in [5.74, 6) is -0.366. The van der Waals surface area contributed by atoms with Gasteiger partial charge in [0, 0.05) is 18.1 Å². The molecule has 0 radical (unpaired) electrons. The van der Waals surface area contributed by atoms with E-state index >= 15 is 0 Å². The fourth-order valence-corrected chi connectivity index (χ4v) is 5.21. The van der Waals surface area contributed by atoms with Crippen LogP contribution in [0.2, 0.25) is 0 Å². The number of H-pyrrole nitrogens is 1. The minimum absolute atomic E-state index is 0.0862. The van der Waals surface area contributed by atoms with Crippen LogP contribution in [-0.4, -0.2) is 53.6 Å². The van der Waals surface area contributed by atoms with Gasteiger partial charge in [-0.15, -0.1) is 0 Å². The van der Waals surface area contributed by atoms with Gasteiger partial charge in [-0.3, -0.25) is 9.59 Å². The van der Waals surface area contributed by atoms with Crippen LogP contribution >= 0.6 is 0 Å². The number of fused-ring (bicyclic) bond motifs is 3. The Morgan fingerprint density at radius 2 is 1.89 bits per heavy atom. The van der Waals surface area contributed by atoms with Crippen LogP contribution in [0.1, 0.15) is 42.6 Å². The van der Waals surface area contributed by atoms with Crippen molar-refractivity contribution in [1.29, 1.82) is 0 Å². The molecule has 8 nitrogen and oxygen atoms in total. The first-order valence-electron chi connectivity index (χ1n) is 9.11. The molecule has 27 heavy (non-hydrogen) atoms. The monoisotopic (exact) mass is 390 g/mol. The SMILES string of the molecule is CS(=O)(=O)NC1C[C@H]2CCC[C@@H](C1)N2C(=O)c1nc2ccccc2[nH]c1=O. The second-order valence-electron chi connectivity index (χ2n) is 7.44. The number of nitrogens with one attached hydrogen (secondary N) is 2. The van der Waals surface area contributed by atoms with E-state index in [-0.39, 0.29) is 29.7 Å². The van der Waals surface area contributed by atoms with Gasteiger partial charge in [-0.05, 0) is 44.2 Å². The topological polar surface area (TPSA) is 112 Å². The summed E-state index contributed by atoms with van der Waals surface area (Å²) in [6.07, 6.45) is 4.86. The maximum atomic E-state index is 13.2. The molecule has 1 aromatic carbocycles. The van der Waals surface area contributed by atoms with Gasteiger partial charge in [-0.1, -0.05) is 12.1 Å². The number of rotatable bonds is 3. The molecule has 9 heteroatoms. The molecule has 4 rings (SSSR count).